The van der Waals surface area contributed by atoms with E-state index in [1.165, 1.54) is 56.7 Å². The van der Waals surface area contributed by atoms with Crippen LogP contribution in [0.2, 0.25) is 5.02 Å². The lowest BCUT2D eigenvalue weighted by atomic mass is 10.1. The number of hydrogen-bond acceptors (Lipinski definition) is 6. The van der Waals surface area contributed by atoms with Crippen LogP contribution in [0.15, 0.2) is 48.6 Å². The lowest BCUT2D eigenvalue weighted by molar-refractivity contribution is -0.756. The van der Waals surface area contributed by atoms with Crippen molar-refractivity contribution in [1.82, 2.24) is 5.32 Å². The van der Waals surface area contributed by atoms with Gasteiger partial charge in [0, 0.05) is 23.1 Å². The minimum Gasteiger partial charge on any atom is -0.493 e. The normalized spacial score (nSPS) is 13.0. The molecule has 1 amide bonds. The summed E-state index contributed by atoms with van der Waals surface area (Å²) >= 11 is 7.36. The number of allylic oxidation sites excluding steroid dienone is 3. The molecule has 1 N–H and O–H groups in total. The van der Waals surface area contributed by atoms with Crippen molar-refractivity contribution in [2.24, 2.45) is 5.92 Å². The number of nitrogens with one attached hydrogen (secondary N) is 1. The van der Waals surface area contributed by atoms with Crippen molar-refractivity contribution in [3.05, 3.63) is 63.7 Å². The van der Waals surface area contributed by atoms with Crippen molar-refractivity contribution in [2.75, 3.05) is 31.3 Å². The van der Waals surface area contributed by atoms with E-state index >= 15 is 0 Å². The van der Waals surface area contributed by atoms with Gasteiger partial charge in [-0.1, -0.05) is 74.6 Å². The number of rotatable bonds is 16. The zero-order chi connectivity index (χ0) is 26.7. The molecule has 1 aromatic rings. The van der Waals surface area contributed by atoms with Gasteiger partial charge in [-0.25, -0.2) is 0 Å². The van der Waals surface area contributed by atoms with Gasteiger partial charge in [0.1, 0.15) is 12.4 Å². The maximum Gasteiger partial charge on any atom is 0.294 e. The molecule has 0 spiro atoms. The number of amides is 1. The molecule has 36 heavy (non-hydrogen) atoms. The number of nitrogens with zero attached hydrogens (tertiary/aromatic N) is 1. The Morgan fingerprint density at radius 2 is 1.97 bits per heavy atom. The van der Waals surface area contributed by atoms with Crippen LogP contribution in [0.5, 0.6) is 5.75 Å². The molecule has 0 bridgehead atoms. The van der Waals surface area contributed by atoms with E-state index in [1.54, 1.807) is 0 Å². The van der Waals surface area contributed by atoms with E-state index in [1.807, 2.05) is 24.3 Å². The molecule has 0 saturated heterocycles. The van der Waals surface area contributed by atoms with Crippen LogP contribution in [0.3, 0.4) is 0 Å². The van der Waals surface area contributed by atoms with Gasteiger partial charge in [0.15, 0.2) is 0 Å². The number of benzene rings is 1. The fourth-order valence-corrected chi connectivity index (χ4v) is 4.03. The van der Waals surface area contributed by atoms with Gasteiger partial charge in [-0.2, -0.15) is 11.8 Å². The first-order valence-electron chi connectivity index (χ1n) is 12.7. The van der Waals surface area contributed by atoms with Gasteiger partial charge in [-0.3, -0.25) is 4.79 Å². The Kier molecular flexibility index (Phi) is 24.3. The number of hydrogen-bond donors (Lipinski definition) is 1. The average molecular weight is 543 g/mol. The first kappa shape index (κ1) is 33.8. The molecule has 1 aliphatic carbocycles. The highest BCUT2D eigenvalue weighted by atomic mass is 35.5. The molecule has 0 aliphatic heterocycles. The average Bonchev–Trinajstić information content (AvgIpc) is 3.38. The molecule has 1 fully saturated rings. The van der Waals surface area contributed by atoms with E-state index in [4.69, 9.17) is 16.3 Å². The Balaban J connectivity index is 0.000000564. The standard InChI is InChI=1S/C15H19ClO.C7H14.C5H10N2O4S/c16-14-9-5-10-15(12-14)17-11-4-3-8-13-6-1-2-7-13;1-3-5-7-6-4-2;8-5-6-1-3-12-4-2-11-7(9)10/h3,5,8-10,12-13H,1-2,4,6-7,11H2;3,5H,4,6-7H2,1-2H3;5H,1-4H2,(H,6,8)/b8-3+;5-3-;. The van der Waals surface area contributed by atoms with E-state index in [9.17, 15) is 14.9 Å². The van der Waals surface area contributed by atoms with Crippen LogP contribution in [-0.4, -0.2) is 42.8 Å². The summed E-state index contributed by atoms with van der Waals surface area (Å²) in [4.78, 5) is 23.5. The zero-order valence-electron chi connectivity index (χ0n) is 21.7. The van der Waals surface area contributed by atoms with Crippen LogP contribution < -0.4 is 10.1 Å². The SMILES string of the molecule is C/C=C\CCCC.Clc1cccc(OCC/C=C/C2CCCC2)c1.O=CNCCSCCO[N+](=O)[O-]. The third-order valence-electron chi connectivity index (χ3n) is 5.02. The molecule has 1 saturated carbocycles. The van der Waals surface area contributed by atoms with Crippen molar-refractivity contribution in [2.45, 2.75) is 65.2 Å². The van der Waals surface area contributed by atoms with Gasteiger partial charge >= 0.3 is 0 Å². The Morgan fingerprint density at radius 3 is 2.61 bits per heavy atom. The number of carbonyl (C=O) groups is 1. The Bertz CT molecular complexity index is 728. The number of unbranched alkanes of at least 4 members (excludes halogenated alkanes) is 2. The number of halogens is 1. The van der Waals surface area contributed by atoms with Crippen LogP contribution in [-0.2, 0) is 9.63 Å². The topological polar surface area (TPSA) is 90.7 Å². The summed E-state index contributed by atoms with van der Waals surface area (Å²) in [7, 11) is 0. The lowest BCUT2D eigenvalue weighted by Gasteiger charge is -2.05. The van der Waals surface area contributed by atoms with Crippen molar-refractivity contribution in [3.8, 4) is 5.75 Å². The maximum atomic E-state index is 9.75. The van der Waals surface area contributed by atoms with Gasteiger partial charge in [0.05, 0.1) is 6.61 Å². The molecule has 204 valence electrons. The van der Waals surface area contributed by atoms with Crippen LogP contribution in [0.25, 0.3) is 0 Å². The quantitative estimate of drug-likeness (QED) is 0.0775. The highest BCUT2D eigenvalue weighted by Gasteiger charge is 2.10. The van der Waals surface area contributed by atoms with Crippen LogP contribution >= 0.6 is 23.4 Å². The molecule has 9 heteroatoms. The molecular formula is C27H43ClN2O5S. The summed E-state index contributed by atoms with van der Waals surface area (Å²) < 4.78 is 5.62. The summed E-state index contributed by atoms with van der Waals surface area (Å²) in [5, 5.41) is 12.0. The van der Waals surface area contributed by atoms with Crippen molar-refractivity contribution in [1.29, 1.82) is 0 Å². The second kappa shape index (κ2) is 25.9. The monoisotopic (exact) mass is 542 g/mol. The van der Waals surface area contributed by atoms with E-state index in [-0.39, 0.29) is 6.61 Å². The number of thioether (sulfide) groups is 1. The van der Waals surface area contributed by atoms with Crippen molar-refractivity contribution < 1.29 is 19.5 Å². The third kappa shape index (κ3) is 23.5. The van der Waals surface area contributed by atoms with E-state index in [0.717, 1.165) is 35.5 Å². The first-order chi connectivity index (χ1) is 17.5. The molecule has 0 atom stereocenters. The predicted octanol–water partition coefficient (Wildman–Crippen LogP) is 7.28. The highest BCUT2D eigenvalue weighted by Crippen LogP contribution is 2.25. The number of ether oxygens (including phenoxy) is 1. The summed E-state index contributed by atoms with van der Waals surface area (Å²) in [6.45, 7) is 5.67. The van der Waals surface area contributed by atoms with Crippen molar-refractivity contribution >= 4 is 29.8 Å². The minimum atomic E-state index is -0.815. The summed E-state index contributed by atoms with van der Waals surface area (Å²) in [5.74, 6) is 2.97. The second-order valence-corrected chi connectivity index (χ2v) is 9.68. The number of carbonyl (C=O) groups excluding carboxylic acids is 1. The predicted molar refractivity (Wildman–Crippen MR) is 151 cm³/mol. The summed E-state index contributed by atoms with van der Waals surface area (Å²) in [6.07, 6.45) is 20.0. The fraction of sp³-hybridized carbons (Fsp3) is 0.593. The minimum absolute atomic E-state index is 0.0960. The smallest absolute Gasteiger partial charge is 0.294 e. The van der Waals surface area contributed by atoms with Crippen LogP contribution in [0, 0.1) is 16.0 Å². The third-order valence-corrected chi connectivity index (χ3v) is 6.20. The van der Waals surface area contributed by atoms with Gasteiger partial charge in [0.2, 0.25) is 6.41 Å². The van der Waals surface area contributed by atoms with E-state index < -0.39 is 5.09 Å². The molecule has 7 nitrogen and oxygen atoms in total. The molecule has 1 aromatic carbocycles. The van der Waals surface area contributed by atoms with Crippen molar-refractivity contribution in [3.63, 3.8) is 0 Å². The molecule has 0 aromatic heterocycles. The molecule has 0 heterocycles. The highest BCUT2D eigenvalue weighted by molar-refractivity contribution is 7.99. The Hall–Kier alpha value is -2.19. The van der Waals surface area contributed by atoms with Gasteiger partial charge in [0.25, 0.3) is 5.09 Å². The summed E-state index contributed by atoms with van der Waals surface area (Å²) in [5.41, 5.74) is 0. The largest absolute Gasteiger partial charge is 0.493 e. The Morgan fingerprint density at radius 1 is 1.19 bits per heavy atom. The maximum absolute atomic E-state index is 9.75. The first-order valence-corrected chi connectivity index (χ1v) is 14.2. The second-order valence-electron chi connectivity index (χ2n) is 8.02. The molecule has 0 unspecified atom stereocenters. The lowest BCUT2D eigenvalue weighted by Crippen LogP contribution is -2.14. The molecule has 2 rings (SSSR count). The summed E-state index contributed by atoms with van der Waals surface area (Å²) in [6, 6.07) is 7.55. The van der Waals surface area contributed by atoms with Gasteiger partial charge in [-0.15, -0.1) is 10.1 Å². The molecular weight excluding hydrogens is 500 g/mol. The van der Waals surface area contributed by atoms with Crippen LogP contribution in [0.1, 0.15) is 65.2 Å². The van der Waals surface area contributed by atoms with Crippen LogP contribution in [0.4, 0.5) is 0 Å². The molecule has 1 aliphatic rings. The van der Waals surface area contributed by atoms with Gasteiger partial charge < -0.3 is 14.9 Å². The Labute approximate surface area is 226 Å². The molecule has 0 radical (unpaired) electrons. The zero-order valence-corrected chi connectivity index (χ0v) is 23.3. The van der Waals surface area contributed by atoms with Gasteiger partial charge in [-0.05, 0) is 56.7 Å². The van der Waals surface area contributed by atoms with E-state index in [2.05, 4.69) is 48.3 Å². The fourth-order valence-electron chi connectivity index (χ4n) is 3.19. The van der Waals surface area contributed by atoms with E-state index in [0.29, 0.717) is 18.7 Å².